The van der Waals surface area contributed by atoms with Crippen molar-refractivity contribution in [3.63, 3.8) is 0 Å². The van der Waals surface area contributed by atoms with E-state index in [9.17, 15) is 0 Å². The largest absolute Gasteiger partial charge is 0.369 e. The molecular formula is C14H20N4OS. The van der Waals surface area contributed by atoms with Crippen LogP contribution in [0, 0.1) is 0 Å². The van der Waals surface area contributed by atoms with Crippen molar-refractivity contribution < 1.29 is 4.74 Å². The molecule has 1 aliphatic rings. The van der Waals surface area contributed by atoms with Gasteiger partial charge in [-0.05, 0) is 19.8 Å². The van der Waals surface area contributed by atoms with E-state index in [2.05, 4.69) is 32.2 Å². The number of hydrogen-bond donors (Lipinski definition) is 1. The average molecular weight is 292 g/mol. The molecule has 3 rings (SSSR count). The molecule has 0 saturated carbocycles. The van der Waals surface area contributed by atoms with Gasteiger partial charge in [-0.1, -0.05) is 0 Å². The van der Waals surface area contributed by atoms with Gasteiger partial charge in [-0.2, -0.15) is 0 Å². The van der Waals surface area contributed by atoms with Gasteiger partial charge in [0.05, 0.1) is 11.2 Å². The molecule has 0 amide bonds. The fraction of sp³-hybridized carbons (Fsp3) is 0.571. The summed E-state index contributed by atoms with van der Waals surface area (Å²) in [5.41, 5.74) is 2.97. The topological polar surface area (TPSA) is 52.0 Å². The Hall–Kier alpha value is -1.24. The first kappa shape index (κ1) is 13.7. The fourth-order valence-corrected chi connectivity index (χ4v) is 3.21. The summed E-state index contributed by atoms with van der Waals surface area (Å²) >= 11 is 1.63. The molecule has 0 bridgehead atoms. The monoisotopic (exact) mass is 292 g/mol. The van der Waals surface area contributed by atoms with Crippen LogP contribution in [0.5, 0.6) is 0 Å². The molecule has 0 spiro atoms. The van der Waals surface area contributed by atoms with E-state index in [1.165, 1.54) is 0 Å². The maximum Gasteiger partial charge on any atom is 0.139 e. The van der Waals surface area contributed by atoms with E-state index in [4.69, 9.17) is 4.74 Å². The van der Waals surface area contributed by atoms with E-state index in [-0.39, 0.29) is 6.10 Å². The fourth-order valence-electron chi connectivity index (χ4n) is 2.65. The second kappa shape index (κ2) is 6.47. The highest BCUT2D eigenvalue weighted by Crippen LogP contribution is 2.27. The lowest BCUT2D eigenvalue weighted by atomic mass is 10.0. The summed E-state index contributed by atoms with van der Waals surface area (Å²) in [7, 11) is 0. The lowest BCUT2D eigenvalue weighted by Gasteiger charge is -2.32. The average Bonchev–Trinajstić information content (AvgIpc) is 3.16. The third-order valence-corrected chi connectivity index (χ3v) is 4.33. The molecule has 2 aromatic heterocycles. The Labute approximate surface area is 123 Å². The van der Waals surface area contributed by atoms with Gasteiger partial charge in [0.2, 0.25) is 0 Å². The molecule has 3 heterocycles. The summed E-state index contributed by atoms with van der Waals surface area (Å²) in [5, 5.41) is 5.66. The van der Waals surface area contributed by atoms with Crippen LogP contribution in [0.2, 0.25) is 0 Å². The Morgan fingerprint density at radius 3 is 3.25 bits per heavy atom. The molecule has 1 fully saturated rings. The Balaban J connectivity index is 1.70. The Morgan fingerprint density at radius 1 is 1.50 bits per heavy atom. The minimum absolute atomic E-state index is 0.0392. The summed E-state index contributed by atoms with van der Waals surface area (Å²) in [6.45, 7) is 4.66. The molecule has 1 N–H and O–H groups in total. The van der Waals surface area contributed by atoms with Crippen LogP contribution in [0.1, 0.15) is 37.4 Å². The van der Waals surface area contributed by atoms with Crippen LogP contribution in [-0.2, 0) is 17.8 Å². The van der Waals surface area contributed by atoms with Crippen molar-refractivity contribution in [1.29, 1.82) is 0 Å². The molecule has 1 aliphatic heterocycles. The van der Waals surface area contributed by atoms with Gasteiger partial charge in [-0.25, -0.2) is 9.97 Å². The number of thiazole rings is 1. The number of aromatic nitrogens is 3. The summed E-state index contributed by atoms with van der Waals surface area (Å²) in [4.78, 5) is 8.81. The smallest absolute Gasteiger partial charge is 0.139 e. The predicted octanol–water partition coefficient (Wildman–Crippen LogP) is 2.37. The highest BCUT2D eigenvalue weighted by Gasteiger charge is 2.30. The Kier molecular flexibility index (Phi) is 4.44. The van der Waals surface area contributed by atoms with Crippen molar-refractivity contribution in [3.8, 4) is 0 Å². The predicted molar refractivity (Wildman–Crippen MR) is 78.6 cm³/mol. The lowest BCUT2D eigenvalue weighted by molar-refractivity contribution is -0.0182. The molecule has 6 heteroatoms. The van der Waals surface area contributed by atoms with Gasteiger partial charge in [0.25, 0.3) is 0 Å². The highest BCUT2D eigenvalue weighted by molar-refractivity contribution is 7.07. The van der Waals surface area contributed by atoms with Crippen LogP contribution in [0.3, 0.4) is 0 Å². The van der Waals surface area contributed by atoms with Crippen molar-refractivity contribution in [2.75, 3.05) is 6.61 Å². The molecule has 0 radical (unpaired) electrons. The van der Waals surface area contributed by atoms with Crippen LogP contribution in [0.15, 0.2) is 23.3 Å². The molecule has 5 nitrogen and oxygen atoms in total. The van der Waals surface area contributed by atoms with E-state index in [0.717, 1.165) is 44.1 Å². The molecular weight excluding hydrogens is 272 g/mol. The summed E-state index contributed by atoms with van der Waals surface area (Å²) in [6.07, 6.45) is 6.13. The number of aryl methyl sites for hydroxylation is 1. The number of ether oxygens (including phenoxy) is 1. The van der Waals surface area contributed by atoms with Gasteiger partial charge in [0.15, 0.2) is 0 Å². The van der Waals surface area contributed by atoms with Crippen LogP contribution < -0.4 is 5.32 Å². The van der Waals surface area contributed by atoms with Crippen molar-refractivity contribution in [3.05, 3.63) is 34.8 Å². The second-order valence-corrected chi connectivity index (χ2v) is 5.69. The molecule has 0 aromatic carbocycles. The van der Waals surface area contributed by atoms with Crippen LogP contribution in [-0.4, -0.2) is 27.2 Å². The number of nitrogens with one attached hydrogen (secondary N) is 1. The third kappa shape index (κ3) is 2.92. The van der Waals surface area contributed by atoms with Gasteiger partial charge < -0.3 is 14.6 Å². The summed E-state index contributed by atoms with van der Waals surface area (Å²) in [6, 6.07) is 0.304. The number of nitrogens with zero attached hydrogens (tertiary/aromatic N) is 3. The zero-order chi connectivity index (χ0) is 13.8. The summed E-state index contributed by atoms with van der Waals surface area (Å²) in [5.74, 6) is 1.03. The minimum Gasteiger partial charge on any atom is -0.369 e. The van der Waals surface area contributed by atoms with Gasteiger partial charge in [0.1, 0.15) is 11.9 Å². The molecule has 108 valence electrons. The maximum atomic E-state index is 5.98. The van der Waals surface area contributed by atoms with E-state index in [1.54, 1.807) is 11.3 Å². The first-order chi connectivity index (χ1) is 9.88. The third-order valence-electron chi connectivity index (χ3n) is 3.69. The zero-order valence-corrected chi connectivity index (χ0v) is 12.5. The van der Waals surface area contributed by atoms with Gasteiger partial charge in [0, 0.05) is 43.5 Å². The molecule has 0 unspecified atom stereocenters. The first-order valence-corrected chi connectivity index (χ1v) is 8.06. The standard InChI is InChI=1S/C14H20N4OS/c1-2-18-6-5-15-14(18)13-12(4-3-7-19-13)16-8-11-9-20-10-17-11/h5-6,9-10,12-13,16H,2-4,7-8H2,1H3/t12-,13-/m0/s1. The van der Waals surface area contributed by atoms with Crippen LogP contribution in [0.4, 0.5) is 0 Å². The Morgan fingerprint density at radius 2 is 2.45 bits per heavy atom. The minimum atomic E-state index is 0.0392. The maximum absolute atomic E-state index is 5.98. The SMILES string of the molecule is CCn1ccnc1[C@H]1OCCC[C@@H]1NCc1cscn1. The molecule has 0 aliphatic carbocycles. The molecule has 20 heavy (non-hydrogen) atoms. The van der Waals surface area contributed by atoms with E-state index < -0.39 is 0 Å². The zero-order valence-electron chi connectivity index (χ0n) is 11.7. The van der Waals surface area contributed by atoms with Crippen molar-refractivity contribution in [2.24, 2.45) is 0 Å². The van der Waals surface area contributed by atoms with Crippen molar-refractivity contribution in [2.45, 2.75) is 45.0 Å². The van der Waals surface area contributed by atoms with Crippen molar-refractivity contribution in [1.82, 2.24) is 19.9 Å². The first-order valence-electron chi connectivity index (χ1n) is 7.11. The number of rotatable bonds is 5. The van der Waals surface area contributed by atoms with E-state index in [1.807, 2.05) is 17.9 Å². The van der Waals surface area contributed by atoms with E-state index in [0.29, 0.717) is 6.04 Å². The molecule has 1 saturated heterocycles. The highest BCUT2D eigenvalue weighted by atomic mass is 32.1. The quantitative estimate of drug-likeness (QED) is 0.919. The van der Waals surface area contributed by atoms with Gasteiger partial charge >= 0.3 is 0 Å². The lowest BCUT2D eigenvalue weighted by Crippen LogP contribution is -2.40. The van der Waals surface area contributed by atoms with Crippen LogP contribution in [0.25, 0.3) is 0 Å². The second-order valence-electron chi connectivity index (χ2n) is 4.97. The Bertz CT molecular complexity index is 525. The molecule has 2 aromatic rings. The normalized spacial score (nSPS) is 23.1. The summed E-state index contributed by atoms with van der Waals surface area (Å²) < 4.78 is 8.14. The number of imidazole rings is 1. The molecule has 2 atom stereocenters. The van der Waals surface area contributed by atoms with E-state index >= 15 is 0 Å². The number of hydrogen-bond acceptors (Lipinski definition) is 5. The van der Waals surface area contributed by atoms with Gasteiger partial charge in [-0.3, -0.25) is 0 Å². The van der Waals surface area contributed by atoms with Crippen molar-refractivity contribution >= 4 is 11.3 Å². The van der Waals surface area contributed by atoms with Crippen LogP contribution >= 0.6 is 11.3 Å². The van der Waals surface area contributed by atoms with Gasteiger partial charge in [-0.15, -0.1) is 11.3 Å².